The van der Waals surface area contributed by atoms with E-state index in [1.54, 1.807) is 0 Å². The van der Waals surface area contributed by atoms with Gasteiger partial charge in [-0.2, -0.15) is 0 Å². The maximum atomic E-state index is 5.74. The molecule has 0 unspecified atom stereocenters. The van der Waals surface area contributed by atoms with Gasteiger partial charge in [0.1, 0.15) is 0 Å². The second-order valence-electron chi connectivity index (χ2n) is 4.66. The van der Waals surface area contributed by atoms with Crippen LogP contribution in [0.1, 0.15) is 41.5 Å². The molecular weight excluding hydrogens is 222 g/mol. The predicted octanol–water partition coefficient (Wildman–Crippen LogP) is 2.85. The lowest BCUT2D eigenvalue weighted by molar-refractivity contribution is -0.178. The number of hydrogen-bond acceptors (Lipinski definition) is 4. The first-order valence-electron chi connectivity index (χ1n) is 5.98. The lowest BCUT2D eigenvalue weighted by Crippen LogP contribution is -2.34. The molecule has 1 saturated carbocycles. The number of hydrogen-bond donors (Lipinski definition) is 0. The molecule has 1 spiro atoms. The highest BCUT2D eigenvalue weighted by Gasteiger charge is 2.40. The molecule has 0 atom stereocenters. The molecule has 4 heteroatoms. The lowest BCUT2D eigenvalue weighted by Gasteiger charge is -2.34. The molecule has 0 N–H and O–H groups in total. The van der Waals surface area contributed by atoms with Crippen LogP contribution in [0.3, 0.4) is 0 Å². The van der Waals surface area contributed by atoms with Gasteiger partial charge in [-0.25, -0.2) is 4.98 Å². The fourth-order valence-electron chi connectivity index (χ4n) is 2.69. The molecule has 0 aromatic carbocycles. The molecule has 2 aliphatic rings. The Morgan fingerprint density at radius 3 is 2.56 bits per heavy atom. The molecule has 0 bridgehead atoms. The van der Waals surface area contributed by atoms with Gasteiger partial charge in [0.2, 0.25) is 0 Å². The van der Waals surface area contributed by atoms with Gasteiger partial charge in [-0.1, -0.05) is 0 Å². The van der Waals surface area contributed by atoms with Crippen molar-refractivity contribution in [3.05, 3.63) is 16.1 Å². The minimum Gasteiger partial charge on any atom is -0.348 e. The molecular formula is C12H17NO2S. The van der Waals surface area contributed by atoms with E-state index < -0.39 is 0 Å². The van der Waals surface area contributed by atoms with E-state index in [2.05, 4.69) is 11.9 Å². The van der Waals surface area contributed by atoms with Crippen molar-refractivity contribution in [3.8, 4) is 0 Å². The summed E-state index contributed by atoms with van der Waals surface area (Å²) in [5.74, 6) is 0.445. The Labute approximate surface area is 99.8 Å². The molecule has 1 aliphatic heterocycles. The summed E-state index contributed by atoms with van der Waals surface area (Å²) in [6.07, 6.45) is 6.45. The zero-order valence-electron chi connectivity index (χ0n) is 9.57. The average molecular weight is 239 g/mol. The molecule has 2 fully saturated rings. The van der Waals surface area contributed by atoms with Gasteiger partial charge in [0.25, 0.3) is 0 Å². The quantitative estimate of drug-likeness (QED) is 0.755. The monoisotopic (exact) mass is 239 g/mol. The lowest BCUT2D eigenvalue weighted by atomic mass is 9.84. The molecule has 1 aromatic heterocycles. The highest BCUT2D eigenvalue weighted by atomic mass is 32.1. The molecule has 0 amide bonds. The van der Waals surface area contributed by atoms with E-state index in [-0.39, 0.29) is 5.79 Å². The van der Waals surface area contributed by atoms with Gasteiger partial charge in [0, 0.05) is 23.9 Å². The number of aromatic nitrogens is 1. The van der Waals surface area contributed by atoms with Crippen LogP contribution >= 0.6 is 11.3 Å². The van der Waals surface area contributed by atoms with Crippen molar-refractivity contribution in [2.75, 3.05) is 13.2 Å². The van der Waals surface area contributed by atoms with E-state index in [0.717, 1.165) is 26.1 Å². The summed E-state index contributed by atoms with van der Waals surface area (Å²) < 4.78 is 11.5. The third-order valence-electron chi connectivity index (χ3n) is 3.60. The number of ether oxygens (including phenoxy) is 2. The molecule has 2 heterocycles. The first-order valence-corrected chi connectivity index (χ1v) is 6.79. The summed E-state index contributed by atoms with van der Waals surface area (Å²) >= 11 is 1.83. The van der Waals surface area contributed by atoms with Crippen molar-refractivity contribution in [1.29, 1.82) is 0 Å². The summed E-state index contributed by atoms with van der Waals surface area (Å²) in [4.78, 5) is 5.77. The van der Waals surface area contributed by atoms with Gasteiger partial charge in [0.05, 0.1) is 18.2 Å². The van der Waals surface area contributed by atoms with E-state index in [0.29, 0.717) is 5.92 Å². The summed E-state index contributed by atoms with van der Waals surface area (Å²) in [7, 11) is 0. The fraction of sp³-hybridized carbons (Fsp3) is 0.750. The Morgan fingerprint density at radius 1 is 1.31 bits per heavy atom. The molecule has 3 nitrogen and oxygen atoms in total. The van der Waals surface area contributed by atoms with Gasteiger partial charge in [-0.05, 0) is 25.7 Å². The molecule has 1 aliphatic carbocycles. The minimum atomic E-state index is -0.226. The second-order valence-corrected chi connectivity index (χ2v) is 5.93. The van der Waals surface area contributed by atoms with Crippen molar-refractivity contribution >= 4 is 11.3 Å². The first kappa shape index (κ1) is 10.7. The topological polar surface area (TPSA) is 31.4 Å². The fourth-order valence-corrected chi connectivity index (χ4v) is 3.65. The SMILES string of the molecule is Cc1ncc(C2CCC3(CC2)OCCO3)s1. The normalized spacial score (nSPS) is 25.3. The third kappa shape index (κ3) is 1.90. The Hall–Kier alpha value is -0.450. The van der Waals surface area contributed by atoms with Crippen LogP contribution in [0.25, 0.3) is 0 Å². The van der Waals surface area contributed by atoms with E-state index in [1.165, 1.54) is 22.7 Å². The second kappa shape index (κ2) is 4.09. The highest BCUT2D eigenvalue weighted by molar-refractivity contribution is 7.11. The largest absolute Gasteiger partial charge is 0.348 e. The minimum absolute atomic E-state index is 0.226. The number of aryl methyl sites for hydroxylation is 1. The average Bonchev–Trinajstić information content (AvgIpc) is 2.90. The molecule has 88 valence electrons. The van der Waals surface area contributed by atoms with Gasteiger partial charge < -0.3 is 9.47 Å². The number of rotatable bonds is 1. The first-order chi connectivity index (χ1) is 7.77. The number of nitrogens with zero attached hydrogens (tertiary/aromatic N) is 1. The van der Waals surface area contributed by atoms with Gasteiger partial charge in [-0.15, -0.1) is 11.3 Å². The van der Waals surface area contributed by atoms with Crippen LogP contribution in [-0.4, -0.2) is 24.0 Å². The van der Waals surface area contributed by atoms with Crippen molar-refractivity contribution in [2.45, 2.75) is 44.3 Å². The van der Waals surface area contributed by atoms with E-state index >= 15 is 0 Å². The summed E-state index contributed by atoms with van der Waals surface area (Å²) in [5.41, 5.74) is 0. The molecule has 0 radical (unpaired) electrons. The van der Waals surface area contributed by atoms with Crippen LogP contribution < -0.4 is 0 Å². The van der Waals surface area contributed by atoms with Crippen molar-refractivity contribution in [2.24, 2.45) is 0 Å². The summed E-state index contributed by atoms with van der Waals surface area (Å²) in [6.45, 7) is 3.61. The van der Waals surface area contributed by atoms with E-state index in [1.807, 2.05) is 17.5 Å². The highest BCUT2D eigenvalue weighted by Crippen LogP contribution is 2.43. The maximum Gasteiger partial charge on any atom is 0.168 e. The van der Waals surface area contributed by atoms with Crippen molar-refractivity contribution < 1.29 is 9.47 Å². The Kier molecular flexibility index (Phi) is 2.73. The van der Waals surface area contributed by atoms with Gasteiger partial charge in [-0.3, -0.25) is 0 Å². The van der Waals surface area contributed by atoms with Gasteiger partial charge in [0.15, 0.2) is 5.79 Å². The third-order valence-corrected chi connectivity index (χ3v) is 4.68. The standard InChI is InChI=1S/C12H17NO2S/c1-9-13-8-11(16-9)10-2-4-12(5-3-10)14-6-7-15-12/h8,10H,2-7H2,1H3. The zero-order chi connectivity index (χ0) is 11.0. The van der Waals surface area contributed by atoms with Crippen molar-refractivity contribution in [1.82, 2.24) is 4.98 Å². The zero-order valence-corrected chi connectivity index (χ0v) is 10.4. The summed E-state index contributed by atoms with van der Waals surface area (Å²) in [5, 5.41) is 1.17. The van der Waals surface area contributed by atoms with Crippen LogP contribution in [0.2, 0.25) is 0 Å². The molecule has 1 aromatic rings. The van der Waals surface area contributed by atoms with Crippen LogP contribution in [0.4, 0.5) is 0 Å². The molecule has 3 rings (SSSR count). The Balaban J connectivity index is 1.66. The summed E-state index contributed by atoms with van der Waals surface area (Å²) in [6, 6.07) is 0. The van der Waals surface area contributed by atoms with E-state index in [4.69, 9.17) is 9.47 Å². The van der Waals surface area contributed by atoms with Crippen LogP contribution in [-0.2, 0) is 9.47 Å². The smallest absolute Gasteiger partial charge is 0.168 e. The van der Waals surface area contributed by atoms with Crippen LogP contribution in [0, 0.1) is 6.92 Å². The molecule has 1 saturated heterocycles. The Morgan fingerprint density at radius 2 is 2.00 bits per heavy atom. The Bertz CT molecular complexity index is 361. The number of thiazole rings is 1. The van der Waals surface area contributed by atoms with Crippen molar-refractivity contribution in [3.63, 3.8) is 0 Å². The van der Waals surface area contributed by atoms with E-state index in [9.17, 15) is 0 Å². The predicted molar refractivity (Wildman–Crippen MR) is 62.7 cm³/mol. The molecule has 16 heavy (non-hydrogen) atoms. The maximum absolute atomic E-state index is 5.74. The van der Waals surface area contributed by atoms with Gasteiger partial charge >= 0.3 is 0 Å². The van der Waals surface area contributed by atoms with Crippen LogP contribution in [0.5, 0.6) is 0 Å². The van der Waals surface area contributed by atoms with Crippen LogP contribution in [0.15, 0.2) is 6.20 Å².